The lowest BCUT2D eigenvalue weighted by atomic mass is 10.0. The van der Waals surface area contributed by atoms with Gasteiger partial charge in [-0.2, -0.15) is 0 Å². The molecule has 0 radical (unpaired) electrons. The summed E-state index contributed by atoms with van der Waals surface area (Å²) in [6.45, 7) is 2.92. The van der Waals surface area contributed by atoms with Gasteiger partial charge in [0.2, 0.25) is 10.0 Å². The van der Waals surface area contributed by atoms with Crippen LogP contribution in [-0.2, 0) is 10.0 Å². The fourth-order valence-electron chi connectivity index (χ4n) is 2.63. The van der Waals surface area contributed by atoms with Crippen LogP contribution in [0.15, 0.2) is 35.2 Å². The molecule has 0 aliphatic carbocycles. The average Bonchev–Trinajstić information content (AvgIpc) is 2.38. The Balaban J connectivity index is 1.73. The molecule has 1 fully saturated rings. The first-order chi connectivity index (χ1) is 9.53. The van der Waals surface area contributed by atoms with Crippen LogP contribution in [0.1, 0.15) is 12.8 Å². The number of thioether (sulfide) groups is 1. The van der Waals surface area contributed by atoms with E-state index in [1.54, 1.807) is 0 Å². The van der Waals surface area contributed by atoms with E-state index in [0.717, 1.165) is 38.2 Å². The van der Waals surface area contributed by atoms with Crippen molar-refractivity contribution in [1.29, 1.82) is 0 Å². The summed E-state index contributed by atoms with van der Waals surface area (Å²) >= 11 is 1.84. The van der Waals surface area contributed by atoms with Gasteiger partial charge in [-0.15, -0.1) is 11.8 Å². The van der Waals surface area contributed by atoms with Gasteiger partial charge >= 0.3 is 0 Å². The van der Waals surface area contributed by atoms with E-state index in [2.05, 4.69) is 17.0 Å². The van der Waals surface area contributed by atoms with Crippen LogP contribution in [0.3, 0.4) is 0 Å². The summed E-state index contributed by atoms with van der Waals surface area (Å²) in [5.41, 5.74) is 0. The fourth-order valence-corrected chi connectivity index (χ4v) is 4.49. The molecule has 1 saturated heterocycles. The summed E-state index contributed by atoms with van der Waals surface area (Å²) < 4.78 is 22.3. The number of likely N-dealkylation sites (tertiary alicyclic amines) is 1. The third-order valence-electron chi connectivity index (χ3n) is 3.49. The molecule has 1 aliphatic heterocycles. The summed E-state index contributed by atoms with van der Waals surface area (Å²) in [6.07, 6.45) is 2.04. The SMILES string of the molecule is NS(=O)(=O)CC1CCCN(CCSc2ccccc2)C1. The van der Waals surface area contributed by atoms with E-state index in [9.17, 15) is 8.42 Å². The van der Waals surface area contributed by atoms with Crippen LogP contribution in [0.2, 0.25) is 0 Å². The van der Waals surface area contributed by atoms with E-state index in [0.29, 0.717) is 0 Å². The third kappa shape index (κ3) is 5.83. The second-order valence-electron chi connectivity index (χ2n) is 5.30. The molecular weight excluding hydrogens is 292 g/mol. The van der Waals surface area contributed by atoms with Crippen LogP contribution in [0, 0.1) is 5.92 Å². The third-order valence-corrected chi connectivity index (χ3v) is 5.42. The van der Waals surface area contributed by atoms with Gasteiger partial charge in [0.15, 0.2) is 0 Å². The first kappa shape index (κ1) is 15.8. The number of nitrogens with zero attached hydrogens (tertiary/aromatic N) is 1. The van der Waals surface area contributed by atoms with E-state index in [1.807, 2.05) is 30.0 Å². The highest BCUT2D eigenvalue weighted by Gasteiger charge is 2.23. The normalized spacial score (nSPS) is 20.9. The molecule has 4 nitrogen and oxygen atoms in total. The van der Waals surface area contributed by atoms with Crippen molar-refractivity contribution in [3.05, 3.63) is 30.3 Å². The van der Waals surface area contributed by atoms with Gasteiger partial charge in [0.25, 0.3) is 0 Å². The maximum atomic E-state index is 11.2. The Labute approximate surface area is 125 Å². The first-order valence-corrected chi connectivity index (χ1v) is 9.64. The Kier molecular flexibility index (Phi) is 5.89. The largest absolute Gasteiger partial charge is 0.302 e. The molecule has 0 spiro atoms. The van der Waals surface area contributed by atoms with Crippen molar-refractivity contribution in [2.24, 2.45) is 11.1 Å². The predicted octanol–water partition coefficient (Wildman–Crippen LogP) is 1.78. The predicted molar refractivity (Wildman–Crippen MR) is 84.3 cm³/mol. The highest BCUT2D eigenvalue weighted by molar-refractivity contribution is 7.99. The molecule has 2 N–H and O–H groups in total. The van der Waals surface area contributed by atoms with E-state index in [1.165, 1.54) is 4.90 Å². The molecular formula is C14H22N2O2S2. The van der Waals surface area contributed by atoms with Crippen LogP contribution in [0.25, 0.3) is 0 Å². The van der Waals surface area contributed by atoms with Crippen molar-refractivity contribution in [2.45, 2.75) is 17.7 Å². The second kappa shape index (κ2) is 7.45. The van der Waals surface area contributed by atoms with E-state index >= 15 is 0 Å². The van der Waals surface area contributed by atoms with Gasteiger partial charge in [-0.05, 0) is 37.4 Å². The Bertz CT molecular complexity index is 505. The maximum Gasteiger partial charge on any atom is 0.209 e. The Morgan fingerprint density at radius 2 is 2.05 bits per heavy atom. The Morgan fingerprint density at radius 3 is 2.75 bits per heavy atom. The van der Waals surface area contributed by atoms with Gasteiger partial charge in [0.05, 0.1) is 5.75 Å². The van der Waals surface area contributed by atoms with Gasteiger partial charge in [0.1, 0.15) is 0 Å². The van der Waals surface area contributed by atoms with Crippen LogP contribution >= 0.6 is 11.8 Å². The minimum atomic E-state index is -3.34. The molecule has 112 valence electrons. The summed E-state index contributed by atoms with van der Waals surface area (Å²) in [6, 6.07) is 10.3. The number of sulfonamides is 1. The molecule has 0 aromatic heterocycles. The Morgan fingerprint density at radius 1 is 1.30 bits per heavy atom. The van der Waals surface area contributed by atoms with E-state index in [4.69, 9.17) is 5.14 Å². The van der Waals surface area contributed by atoms with Crippen molar-refractivity contribution in [3.63, 3.8) is 0 Å². The fraction of sp³-hybridized carbons (Fsp3) is 0.571. The average molecular weight is 314 g/mol. The van der Waals surface area contributed by atoms with Crippen LogP contribution in [-0.4, -0.2) is 44.5 Å². The van der Waals surface area contributed by atoms with Crippen LogP contribution in [0.4, 0.5) is 0 Å². The summed E-state index contributed by atoms with van der Waals surface area (Å²) in [5.74, 6) is 1.35. The van der Waals surface area contributed by atoms with E-state index in [-0.39, 0.29) is 11.7 Å². The zero-order valence-corrected chi connectivity index (χ0v) is 13.2. The lowest BCUT2D eigenvalue weighted by molar-refractivity contribution is 0.195. The summed E-state index contributed by atoms with van der Waals surface area (Å²) in [5, 5.41) is 5.14. The number of piperidine rings is 1. The lowest BCUT2D eigenvalue weighted by Gasteiger charge is -2.32. The molecule has 1 aliphatic rings. The molecule has 20 heavy (non-hydrogen) atoms. The molecule has 1 unspecified atom stereocenters. The van der Waals surface area contributed by atoms with Gasteiger partial charge in [-0.1, -0.05) is 18.2 Å². The first-order valence-electron chi connectivity index (χ1n) is 6.93. The van der Waals surface area contributed by atoms with E-state index < -0.39 is 10.0 Å². The zero-order chi connectivity index (χ0) is 14.4. The minimum absolute atomic E-state index is 0.120. The van der Waals surface area contributed by atoms with Crippen LogP contribution < -0.4 is 5.14 Å². The number of primary sulfonamides is 1. The number of hydrogen-bond donors (Lipinski definition) is 1. The molecule has 0 saturated carbocycles. The maximum absolute atomic E-state index is 11.2. The Hall–Kier alpha value is -0.560. The number of hydrogen-bond acceptors (Lipinski definition) is 4. The lowest BCUT2D eigenvalue weighted by Crippen LogP contribution is -2.40. The van der Waals surface area contributed by atoms with Crippen LogP contribution in [0.5, 0.6) is 0 Å². The molecule has 0 amide bonds. The summed E-state index contributed by atoms with van der Waals surface area (Å²) in [7, 11) is -3.34. The molecule has 0 bridgehead atoms. The monoisotopic (exact) mass is 314 g/mol. The highest BCUT2D eigenvalue weighted by Crippen LogP contribution is 2.20. The molecule has 1 heterocycles. The van der Waals surface area contributed by atoms with Crippen molar-refractivity contribution < 1.29 is 8.42 Å². The zero-order valence-electron chi connectivity index (χ0n) is 11.6. The van der Waals surface area contributed by atoms with Gasteiger partial charge in [-0.25, -0.2) is 13.6 Å². The quantitative estimate of drug-likeness (QED) is 0.813. The molecule has 2 rings (SSSR count). The van der Waals surface area contributed by atoms with Crippen molar-refractivity contribution in [2.75, 3.05) is 31.1 Å². The number of nitrogens with two attached hydrogens (primary N) is 1. The van der Waals surface area contributed by atoms with Gasteiger partial charge < -0.3 is 4.90 Å². The summed E-state index contributed by atoms with van der Waals surface area (Å²) in [4.78, 5) is 3.64. The van der Waals surface area contributed by atoms with Gasteiger partial charge in [0, 0.05) is 23.7 Å². The molecule has 1 aromatic carbocycles. The second-order valence-corrected chi connectivity index (χ2v) is 8.13. The number of benzene rings is 1. The topological polar surface area (TPSA) is 63.4 Å². The standard InChI is InChI=1S/C14H22N2O2S2/c15-20(17,18)12-13-5-4-8-16(11-13)9-10-19-14-6-2-1-3-7-14/h1-3,6-7,13H,4-5,8-12H2,(H2,15,17,18). The highest BCUT2D eigenvalue weighted by atomic mass is 32.2. The van der Waals surface area contributed by atoms with Crippen molar-refractivity contribution in [3.8, 4) is 0 Å². The van der Waals surface area contributed by atoms with Gasteiger partial charge in [-0.3, -0.25) is 0 Å². The minimum Gasteiger partial charge on any atom is -0.302 e. The molecule has 6 heteroatoms. The van der Waals surface area contributed by atoms with Crippen molar-refractivity contribution in [1.82, 2.24) is 4.90 Å². The van der Waals surface area contributed by atoms with Crippen molar-refractivity contribution >= 4 is 21.8 Å². The number of rotatable bonds is 6. The molecule has 1 atom stereocenters. The molecule has 1 aromatic rings. The smallest absolute Gasteiger partial charge is 0.209 e.